The van der Waals surface area contributed by atoms with Gasteiger partial charge in [-0.05, 0) is 31.4 Å². The number of aryl methyl sites for hydroxylation is 1. The van der Waals surface area contributed by atoms with E-state index in [1.807, 2.05) is 43.3 Å². The minimum atomic E-state index is -0.102. The lowest BCUT2D eigenvalue weighted by molar-refractivity contribution is 0.104. The fourth-order valence-electron chi connectivity index (χ4n) is 3.66. The molecular weight excluding hydrogens is 386 g/mol. The number of thiophene rings is 2. The SMILES string of the molecule is Cc1sc(-c2ccccc2)cc1C(=O)c1sc(NC2CCCC2)c(C#N)c1N. The smallest absolute Gasteiger partial charge is 0.206 e. The normalized spacial score (nSPS) is 14.1. The number of benzene rings is 1. The highest BCUT2D eigenvalue weighted by Gasteiger charge is 2.26. The summed E-state index contributed by atoms with van der Waals surface area (Å²) in [5.41, 5.74) is 8.67. The Morgan fingerprint density at radius 3 is 2.61 bits per heavy atom. The maximum Gasteiger partial charge on any atom is 0.206 e. The molecule has 3 N–H and O–H groups in total. The first-order valence-corrected chi connectivity index (χ1v) is 11.0. The number of nitrogens with one attached hydrogen (secondary N) is 1. The van der Waals surface area contributed by atoms with E-state index in [4.69, 9.17) is 5.73 Å². The predicted molar refractivity (Wildman–Crippen MR) is 117 cm³/mol. The van der Waals surface area contributed by atoms with Gasteiger partial charge in [0.05, 0.1) is 5.69 Å². The van der Waals surface area contributed by atoms with Gasteiger partial charge in [-0.3, -0.25) is 4.79 Å². The van der Waals surface area contributed by atoms with Crippen LogP contribution in [0.2, 0.25) is 0 Å². The lowest BCUT2D eigenvalue weighted by Gasteiger charge is -2.11. The van der Waals surface area contributed by atoms with E-state index < -0.39 is 0 Å². The van der Waals surface area contributed by atoms with Crippen molar-refractivity contribution in [3.8, 4) is 16.5 Å². The largest absolute Gasteiger partial charge is 0.396 e. The molecule has 3 aromatic rings. The Kier molecular flexibility index (Phi) is 5.21. The molecule has 1 aliphatic carbocycles. The summed E-state index contributed by atoms with van der Waals surface area (Å²) in [6.07, 6.45) is 4.58. The van der Waals surface area contributed by atoms with Crippen molar-refractivity contribution in [2.24, 2.45) is 0 Å². The van der Waals surface area contributed by atoms with Crippen molar-refractivity contribution in [3.05, 3.63) is 57.3 Å². The fraction of sp³-hybridized carbons (Fsp3) is 0.273. The number of ketones is 1. The Hall–Kier alpha value is -2.62. The molecule has 0 saturated heterocycles. The van der Waals surface area contributed by atoms with Gasteiger partial charge in [-0.15, -0.1) is 22.7 Å². The molecule has 1 aromatic carbocycles. The first-order valence-electron chi connectivity index (χ1n) is 9.38. The Morgan fingerprint density at radius 1 is 1.21 bits per heavy atom. The zero-order valence-corrected chi connectivity index (χ0v) is 17.3. The number of carbonyl (C=O) groups excluding carboxylic acids is 1. The molecule has 142 valence electrons. The Bertz CT molecular complexity index is 1050. The maximum atomic E-state index is 13.3. The third-order valence-electron chi connectivity index (χ3n) is 5.17. The molecule has 0 unspecified atom stereocenters. The molecule has 1 fully saturated rings. The van der Waals surface area contributed by atoms with E-state index in [1.54, 1.807) is 11.3 Å². The molecule has 28 heavy (non-hydrogen) atoms. The van der Waals surface area contributed by atoms with Crippen molar-refractivity contribution in [2.75, 3.05) is 11.1 Å². The van der Waals surface area contributed by atoms with Crippen molar-refractivity contribution >= 4 is 39.1 Å². The molecule has 4 nitrogen and oxygen atoms in total. The zero-order valence-electron chi connectivity index (χ0n) is 15.6. The van der Waals surface area contributed by atoms with Gasteiger partial charge < -0.3 is 11.1 Å². The lowest BCUT2D eigenvalue weighted by Crippen LogP contribution is -2.14. The topological polar surface area (TPSA) is 78.9 Å². The van der Waals surface area contributed by atoms with Gasteiger partial charge in [0, 0.05) is 21.4 Å². The molecule has 6 heteroatoms. The summed E-state index contributed by atoms with van der Waals surface area (Å²) in [6, 6.07) is 14.5. The van der Waals surface area contributed by atoms with E-state index >= 15 is 0 Å². The fourth-order valence-corrected chi connectivity index (χ4v) is 5.78. The Balaban J connectivity index is 1.68. The van der Waals surface area contributed by atoms with E-state index in [0.29, 0.717) is 27.7 Å². The van der Waals surface area contributed by atoms with Crippen molar-refractivity contribution in [2.45, 2.75) is 38.6 Å². The number of rotatable bonds is 5. The summed E-state index contributed by atoms with van der Waals surface area (Å²) in [5, 5.41) is 13.7. The third kappa shape index (κ3) is 3.44. The Labute approximate surface area is 172 Å². The third-order valence-corrected chi connectivity index (χ3v) is 7.41. The highest BCUT2D eigenvalue weighted by Crippen LogP contribution is 2.40. The molecule has 0 bridgehead atoms. The quantitative estimate of drug-likeness (QED) is 0.522. The lowest BCUT2D eigenvalue weighted by atomic mass is 10.1. The van der Waals surface area contributed by atoms with Crippen LogP contribution in [0.3, 0.4) is 0 Å². The summed E-state index contributed by atoms with van der Waals surface area (Å²) in [6.45, 7) is 1.96. The number of nitriles is 1. The standard InChI is InChI=1S/C22H21N3OS2/c1-13-16(11-18(27-13)14-7-3-2-4-8-14)20(26)21-19(24)17(12-23)22(28-21)25-15-9-5-6-10-15/h2-4,7-8,11,15,25H,5-6,9-10,24H2,1H3. The van der Waals surface area contributed by atoms with Gasteiger partial charge in [0.15, 0.2) is 0 Å². The van der Waals surface area contributed by atoms with Crippen LogP contribution in [0.25, 0.3) is 10.4 Å². The van der Waals surface area contributed by atoms with Gasteiger partial charge >= 0.3 is 0 Å². The second-order valence-electron chi connectivity index (χ2n) is 7.06. The number of carbonyl (C=O) groups is 1. The van der Waals surface area contributed by atoms with Gasteiger partial charge in [-0.1, -0.05) is 43.2 Å². The average molecular weight is 408 g/mol. The average Bonchev–Trinajstić information content (AvgIpc) is 3.42. The number of anilines is 2. The van der Waals surface area contributed by atoms with E-state index in [0.717, 1.165) is 33.2 Å². The summed E-state index contributed by atoms with van der Waals surface area (Å²) < 4.78 is 0. The van der Waals surface area contributed by atoms with Crippen LogP contribution < -0.4 is 11.1 Å². The van der Waals surface area contributed by atoms with Crippen LogP contribution in [0.5, 0.6) is 0 Å². The summed E-state index contributed by atoms with van der Waals surface area (Å²) in [5.74, 6) is -0.102. The van der Waals surface area contributed by atoms with Crippen LogP contribution in [0.1, 0.15) is 51.4 Å². The van der Waals surface area contributed by atoms with Crippen LogP contribution in [0.15, 0.2) is 36.4 Å². The van der Waals surface area contributed by atoms with Crippen LogP contribution >= 0.6 is 22.7 Å². The van der Waals surface area contributed by atoms with Crippen molar-refractivity contribution in [1.29, 1.82) is 5.26 Å². The first-order chi connectivity index (χ1) is 13.6. The molecule has 2 heterocycles. The van der Waals surface area contributed by atoms with Crippen LogP contribution in [-0.2, 0) is 0 Å². The van der Waals surface area contributed by atoms with Crippen LogP contribution in [0, 0.1) is 18.3 Å². The summed E-state index contributed by atoms with van der Waals surface area (Å²) in [4.78, 5) is 15.7. The molecule has 1 saturated carbocycles. The van der Waals surface area contributed by atoms with E-state index in [1.165, 1.54) is 24.2 Å². The number of nitrogen functional groups attached to an aromatic ring is 1. The van der Waals surface area contributed by atoms with Gasteiger partial charge in [0.25, 0.3) is 0 Å². The number of nitrogens with zero attached hydrogens (tertiary/aromatic N) is 1. The van der Waals surface area contributed by atoms with Gasteiger partial charge in [0.1, 0.15) is 21.5 Å². The number of nitrogens with two attached hydrogens (primary N) is 1. The molecule has 0 spiro atoms. The number of hydrogen-bond donors (Lipinski definition) is 2. The second-order valence-corrected chi connectivity index (χ2v) is 9.34. The highest BCUT2D eigenvalue weighted by atomic mass is 32.1. The number of hydrogen-bond acceptors (Lipinski definition) is 6. The minimum absolute atomic E-state index is 0.102. The Morgan fingerprint density at radius 2 is 1.93 bits per heavy atom. The predicted octanol–water partition coefficient (Wildman–Crippen LogP) is 5.82. The van der Waals surface area contributed by atoms with Gasteiger partial charge in [-0.25, -0.2) is 0 Å². The molecule has 2 aromatic heterocycles. The molecule has 0 radical (unpaired) electrons. The minimum Gasteiger partial charge on any atom is -0.396 e. The monoisotopic (exact) mass is 407 g/mol. The molecule has 1 aliphatic rings. The van der Waals surface area contributed by atoms with Crippen LogP contribution in [-0.4, -0.2) is 11.8 Å². The van der Waals surface area contributed by atoms with Crippen molar-refractivity contribution in [1.82, 2.24) is 0 Å². The van der Waals surface area contributed by atoms with E-state index in [-0.39, 0.29) is 5.78 Å². The zero-order chi connectivity index (χ0) is 19.7. The first kappa shape index (κ1) is 18.7. The van der Waals surface area contributed by atoms with E-state index in [2.05, 4.69) is 11.4 Å². The van der Waals surface area contributed by atoms with Gasteiger partial charge in [-0.2, -0.15) is 5.26 Å². The molecule has 0 amide bonds. The molecular formula is C22H21N3OS2. The van der Waals surface area contributed by atoms with Crippen molar-refractivity contribution < 1.29 is 4.79 Å². The molecule has 4 rings (SSSR count). The second kappa shape index (κ2) is 7.78. The van der Waals surface area contributed by atoms with Crippen LogP contribution in [0.4, 0.5) is 10.7 Å². The van der Waals surface area contributed by atoms with Gasteiger partial charge in [0.2, 0.25) is 5.78 Å². The maximum absolute atomic E-state index is 13.3. The summed E-state index contributed by atoms with van der Waals surface area (Å²) >= 11 is 2.91. The molecule has 0 aliphatic heterocycles. The van der Waals surface area contributed by atoms with Crippen molar-refractivity contribution in [3.63, 3.8) is 0 Å². The highest BCUT2D eigenvalue weighted by molar-refractivity contribution is 7.19. The molecule has 0 atom stereocenters. The summed E-state index contributed by atoms with van der Waals surface area (Å²) in [7, 11) is 0. The van der Waals surface area contributed by atoms with E-state index in [9.17, 15) is 10.1 Å².